The molecular weight excluding hydrogens is 368 g/mol. The molecular formula is C19H28N2O3S2. The smallest absolute Gasteiger partial charge is 0.230 e. The summed E-state index contributed by atoms with van der Waals surface area (Å²) in [6.45, 7) is 3.91. The number of hydrogen-bond donors (Lipinski definition) is 1. The maximum Gasteiger partial charge on any atom is 0.230 e. The van der Waals surface area contributed by atoms with E-state index < -0.39 is 9.84 Å². The molecule has 26 heavy (non-hydrogen) atoms. The maximum atomic E-state index is 12.0. The van der Waals surface area contributed by atoms with Crippen molar-refractivity contribution in [2.45, 2.75) is 44.0 Å². The summed E-state index contributed by atoms with van der Waals surface area (Å²) in [6, 6.07) is 8.45. The zero-order valence-electron chi connectivity index (χ0n) is 15.2. The van der Waals surface area contributed by atoms with Gasteiger partial charge in [0.05, 0.1) is 17.3 Å². The van der Waals surface area contributed by atoms with E-state index >= 15 is 0 Å². The van der Waals surface area contributed by atoms with Gasteiger partial charge in [-0.15, -0.1) is 11.8 Å². The highest BCUT2D eigenvalue weighted by atomic mass is 32.2. The van der Waals surface area contributed by atoms with Crippen LogP contribution in [0.1, 0.15) is 36.8 Å². The third-order valence-electron chi connectivity index (χ3n) is 5.01. The molecule has 2 fully saturated rings. The molecule has 7 heteroatoms. The van der Waals surface area contributed by atoms with Crippen LogP contribution in [0.4, 0.5) is 0 Å². The molecule has 2 saturated heterocycles. The van der Waals surface area contributed by atoms with Crippen molar-refractivity contribution in [1.82, 2.24) is 10.2 Å². The molecule has 1 aromatic carbocycles. The van der Waals surface area contributed by atoms with Gasteiger partial charge in [-0.25, -0.2) is 8.42 Å². The van der Waals surface area contributed by atoms with Crippen molar-refractivity contribution in [3.63, 3.8) is 0 Å². The lowest BCUT2D eigenvalue weighted by molar-refractivity contribution is -0.118. The predicted octanol–water partition coefficient (Wildman–Crippen LogP) is 2.21. The molecule has 0 aromatic heterocycles. The van der Waals surface area contributed by atoms with Crippen LogP contribution in [0.5, 0.6) is 0 Å². The number of hydrogen-bond acceptors (Lipinski definition) is 5. The molecule has 3 rings (SSSR count). The summed E-state index contributed by atoms with van der Waals surface area (Å²) < 4.78 is 22.9. The molecule has 1 unspecified atom stereocenters. The zero-order chi connectivity index (χ0) is 18.4. The van der Waals surface area contributed by atoms with Crippen molar-refractivity contribution in [3.05, 3.63) is 35.4 Å². The van der Waals surface area contributed by atoms with E-state index in [2.05, 4.69) is 34.5 Å². The van der Waals surface area contributed by atoms with E-state index in [1.54, 1.807) is 0 Å². The van der Waals surface area contributed by atoms with Crippen molar-refractivity contribution in [2.24, 2.45) is 0 Å². The molecule has 144 valence electrons. The highest BCUT2D eigenvalue weighted by Crippen LogP contribution is 2.24. The van der Waals surface area contributed by atoms with Crippen LogP contribution in [0.2, 0.25) is 0 Å². The number of benzene rings is 1. The average molecular weight is 397 g/mol. The number of thioether (sulfide) groups is 1. The number of carbonyl (C=O) groups excluding carboxylic acids is 1. The van der Waals surface area contributed by atoms with Crippen LogP contribution in [0.15, 0.2) is 24.3 Å². The largest absolute Gasteiger partial charge is 0.351 e. The highest BCUT2D eigenvalue weighted by Gasteiger charge is 2.28. The van der Waals surface area contributed by atoms with Crippen molar-refractivity contribution >= 4 is 27.5 Å². The minimum absolute atomic E-state index is 0.0308. The van der Waals surface area contributed by atoms with Gasteiger partial charge in [-0.1, -0.05) is 30.7 Å². The maximum absolute atomic E-state index is 12.0. The lowest BCUT2D eigenvalue weighted by Crippen LogP contribution is -2.29. The number of carbonyl (C=O) groups is 1. The molecule has 1 N–H and O–H groups in total. The molecule has 5 nitrogen and oxygen atoms in total. The Morgan fingerprint density at radius 2 is 1.81 bits per heavy atom. The molecule has 0 radical (unpaired) electrons. The number of rotatable bonds is 7. The second-order valence-corrected chi connectivity index (χ2v) is 10.8. The molecule has 2 aliphatic rings. The van der Waals surface area contributed by atoms with Gasteiger partial charge in [0.2, 0.25) is 5.91 Å². The number of nitrogens with zero attached hydrogens (tertiary/aromatic N) is 1. The molecule has 0 aliphatic carbocycles. The minimum atomic E-state index is -2.87. The summed E-state index contributed by atoms with van der Waals surface area (Å²) in [7, 11) is -2.87. The van der Waals surface area contributed by atoms with Crippen molar-refractivity contribution < 1.29 is 13.2 Å². The van der Waals surface area contributed by atoms with E-state index in [1.807, 2.05) is 0 Å². The molecule has 1 aromatic rings. The van der Waals surface area contributed by atoms with Gasteiger partial charge < -0.3 is 5.32 Å². The number of piperidine rings is 1. The summed E-state index contributed by atoms with van der Waals surface area (Å²) in [4.78, 5) is 14.5. The first-order chi connectivity index (χ1) is 12.5. The lowest BCUT2D eigenvalue weighted by Gasteiger charge is -2.26. The van der Waals surface area contributed by atoms with Crippen molar-refractivity contribution in [1.29, 1.82) is 0 Å². The van der Waals surface area contributed by atoms with E-state index in [9.17, 15) is 13.2 Å². The van der Waals surface area contributed by atoms with Gasteiger partial charge in [-0.2, -0.15) is 0 Å². The summed E-state index contributed by atoms with van der Waals surface area (Å²) in [5, 5.41) is 2.99. The van der Waals surface area contributed by atoms with Gasteiger partial charge in [0.1, 0.15) is 0 Å². The summed E-state index contributed by atoms with van der Waals surface area (Å²) in [5.74, 6) is 0.767. The van der Waals surface area contributed by atoms with Gasteiger partial charge >= 0.3 is 0 Å². The first kappa shape index (κ1) is 19.7. The number of sulfone groups is 1. The molecule has 0 spiro atoms. The molecule has 0 bridgehead atoms. The van der Waals surface area contributed by atoms with Crippen molar-refractivity contribution in [3.8, 4) is 0 Å². The van der Waals surface area contributed by atoms with Crippen LogP contribution in [0.3, 0.4) is 0 Å². The van der Waals surface area contributed by atoms with Crippen LogP contribution in [0.25, 0.3) is 0 Å². The Morgan fingerprint density at radius 3 is 2.46 bits per heavy atom. The monoisotopic (exact) mass is 396 g/mol. The standard InChI is InChI=1S/C19H28N2O3S2/c22-19(14-25-18-8-11-26(23,24)15-18)20-12-16-4-6-17(7-5-16)13-21-9-2-1-3-10-21/h4-7,18H,1-3,8-15H2,(H,20,22). The van der Waals surface area contributed by atoms with E-state index in [4.69, 9.17) is 0 Å². The van der Waals surface area contributed by atoms with E-state index in [-0.39, 0.29) is 22.7 Å². The van der Waals surface area contributed by atoms with Crippen LogP contribution in [-0.2, 0) is 27.7 Å². The van der Waals surface area contributed by atoms with Gasteiger partial charge in [0.15, 0.2) is 9.84 Å². The number of nitrogens with one attached hydrogen (secondary N) is 1. The topological polar surface area (TPSA) is 66.5 Å². The minimum Gasteiger partial charge on any atom is -0.351 e. The Kier molecular flexibility index (Phi) is 7.00. The van der Waals surface area contributed by atoms with Gasteiger partial charge in [0, 0.05) is 18.3 Å². The summed E-state index contributed by atoms with van der Waals surface area (Å²) in [5.41, 5.74) is 2.41. The average Bonchev–Trinajstić information content (AvgIpc) is 2.99. The van der Waals surface area contributed by atoms with Crippen LogP contribution in [0, 0.1) is 0 Å². The SMILES string of the molecule is O=C(CSC1CCS(=O)(=O)C1)NCc1ccc(CN2CCCCC2)cc1. The fourth-order valence-corrected chi connectivity index (χ4v) is 6.95. The normalized spacial score (nSPS) is 23.0. The van der Waals surface area contributed by atoms with Gasteiger partial charge in [-0.3, -0.25) is 9.69 Å². The van der Waals surface area contributed by atoms with Crippen LogP contribution >= 0.6 is 11.8 Å². The van der Waals surface area contributed by atoms with Gasteiger partial charge in [-0.05, 0) is 43.5 Å². The third-order valence-corrected chi connectivity index (χ3v) is 8.29. The van der Waals surface area contributed by atoms with E-state index in [0.717, 1.165) is 12.1 Å². The highest BCUT2D eigenvalue weighted by molar-refractivity contribution is 8.02. The molecule has 1 atom stereocenters. The summed E-state index contributed by atoms with van der Waals surface area (Å²) >= 11 is 1.45. The first-order valence-electron chi connectivity index (χ1n) is 9.39. The third kappa shape index (κ3) is 6.28. The summed E-state index contributed by atoms with van der Waals surface area (Å²) in [6.07, 6.45) is 4.62. The predicted molar refractivity (Wildman–Crippen MR) is 107 cm³/mol. The molecule has 0 saturated carbocycles. The molecule has 1 amide bonds. The first-order valence-corrected chi connectivity index (χ1v) is 12.3. The Labute approximate surface area is 160 Å². The second-order valence-electron chi connectivity index (χ2n) is 7.27. The zero-order valence-corrected chi connectivity index (χ0v) is 16.8. The Bertz CT molecular complexity index is 698. The molecule has 2 aliphatic heterocycles. The van der Waals surface area contributed by atoms with Crippen LogP contribution in [-0.4, -0.2) is 54.8 Å². The fraction of sp³-hybridized carbons (Fsp3) is 0.632. The van der Waals surface area contributed by atoms with Crippen molar-refractivity contribution in [2.75, 3.05) is 30.3 Å². The van der Waals surface area contributed by atoms with Crippen LogP contribution < -0.4 is 5.32 Å². The quantitative estimate of drug-likeness (QED) is 0.765. The van der Waals surface area contributed by atoms with Gasteiger partial charge in [0.25, 0.3) is 0 Å². The Morgan fingerprint density at radius 1 is 1.12 bits per heavy atom. The fourth-order valence-electron chi connectivity index (χ4n) is 3.48. The number of likely N-dealkylation sites (tertiary alicyclic amines) is 1. The number of amides is 1. The Balaban J connectivity index is 1.36. The molecule has 2 heterocycles. The Hall–Kier alpha value is -1.05. The van der Waals surface area contributed by atoms with E-state index in [0.29, 0.717) is 18.7 Å². The second kappa shape index (κ2) is 9.24. The van der Waals surface area contributed by atoms with E-state index in [1.165, 1.54) is 49.7 Å². The lowest BCUT2D eigenvalue weighted by atomic mass is 10.1.